The molecule has 0 heterocycles. The minimum Gasteiger partial charge on any atom is -0.394 e. The Morgan fingerprint density at radius 1 is 1.00 bits per heavy atom. The fourth-order valence-electron chi connectivity index (χ4n) is 1.03. The maximum atomic E-state index is 8.65. The second kappa shape index (κ2) is 8.82. The molecule has 1 atom stereocenters. The number of hydrogen-bond acceptors (Lipinski definition) is 7. The van der Waals surface area contributed by atoms with Crippen molar-refractivity contribution in [2.45, 2.75) is 18.9 Å². The van der Waals surface area contributed by atoms with Crippen molar-refractivity contribution in [3.05, 3.63) is 0 Å². The molecule has 0 spiro atoms. The molecule has 0 fully saturated rings. The Balaban J connectivity index is 4.24. The Bertz CT molecular complexity index is 160. The second-order valence-electron chi connectivity index (χ2n) is 3.10. The molecule has 1 unspecified atom stereocenters. The van der Waals surface area contributed by atoms with Crippen LogP contribution in [0.3, 0.4) is 0 Å². The first-order chi connectivity index (χ1) is 7.60. The van der Waals surface area contributed by atoms with Crippen molar-refractivity contribution in [2.75, 3.05) is 39.6 Å². The van der Waals surface area contributed by atoms with Gasteiger partial charge in [0, 0.05) is 0 Å². The van der Waals surface area contributed by atoms with Gasteiger partial charge in [-0.2, -0.15) is 0 Å². The van der Waals surface area contributed by atoms with Crippen molar-refractivity contribution >= 4 is 0 Å². The Morgan fingerprint density at radius 3 is 1.81 bits per heavy atom. The Labute approximate surface area is 94.7 Å². The van der Waals surface area contributed by atoms with E-state index in [1.165, 1.54) is 0 Å². The highest BCUT2D eigenvalue weighted by Gasteiger charge is 2.35. The van der Waals surface area contributed by atoms with Crippen LogP contribution in [0.4, 0.5) is 0 Å². The van der Waals surface area contributed by atoms with Crippen LogP contribution in [-0.4, -0.2) is 67.0 Å². The van der Waals surface area contributed by atoms with Crippen molar-refractivity contribution < 1.29 is 29.5 Å². The number of nitrogens with two attached hydrogens (primary N) is 1. The fourth-order valence-corrected chi connectivity index (χ4v) is 1.03. The van der Waals surface area contributed by atoms with E-state index in [2.05, 4.69) is 0 Å². The van der Waals surface area contributed by atoms with Crippen LogP contribution in [-0.2, 0) is 14.2 Å². The topological polar surface area (TPSA) is 114 Å². The van der Waals surface area contributed by atoms with Gasteiger partial charge in [0.1, 0.15) is 6.10 Å². The number of aliphatic hydroxyl groups excluding tert-OH is 3. The summed E-state index contributed by atoms with van der Waals surface area (Å²) >= 11 is 0. The van der Waals surface area contributed by atoms with Crippen LogP contribution >= 0.6 is 0 Å². The molecule has 0 aliphatic carbocycles. The molecule has 0 aliphatic rings. The van der Waals surface area contributed by atoms with E-state index in [-0.39, 0.29) is 39.6 Å². The molecule has 0 aromatic rings. The summed E-state index contributed by atoms with van der Waals surface area (Å²) in [5.74, 6) is -1.54. The van der Waals surface area contributed by atoms with Gasteiger partial charge in [-0.1, -0.05) is 0 Å². The standard InChI is InChI=1S/C9H21NO6/c1-8(14-5-2-11)9(10,15-6-3-12)16-7-4-13/h8,11-13H,2-7,10H2,1H3. The highest BCUT2D eigenvalue weighted by molar-refractivity contribution is 4.70. The van der Waals surface area contributed by atoms with Gasteiger partial charge in [0.25, 0.3) is 5.91 Å². The van der Waals surface area contributed by atoms with Crippen molar-refractivity contribution in [1.29, 1.82) is 0 Å². The van der Waals surface area contributed by atoms with Crippen LogP contribution in [0.5, 0.6) is 0 Å². The van der Waals surface area contributed by atoms with Crippen LogP contribution in [0.15, 0.2) is 0 Å². The van der Waals surface area contributed by atoms with Gasteiger partial charge < -0.3 is 29.5 Å². The lowest BCUT2D eigenvalue weighted by atomic mass is 10.3. The molecule has 0 saturated carbocycles. The monoisotopic (exact) mass is 239 g/mol. The Hall–Kier alpha value is -0.280. The highest BCUT2D eigenvalue weighted by atomic mass is 16.7. The molecule has 16 heavy (non-hydrogen) atoms. The number of hydrogen-bond donors (Lipinski definition) is 4. The first kappa shape index (κ1) is 15.7. The third-order valence-corrected chi connectivity index (χ3v) is 1.86. The van der Waals surface area contributed by atoms with Gasteiger partial charge in [0.05, 0.1) is 39.6 Å². The molecular formula is C9H21NO6. The van der Waals surface area contributed by atoms with E-state index in [1.807, 2.05) is 0 Å². The SMILES string of the molecule is CC(OCCO)C(N)(OCCO)OCCO. The van der Waals surface area contributed by atoms with E-state index >= 15 is 0 Å². The fraction of sp³-hybridized carbons (Fsp3) is 1.00. The second-order valence-corrected chi connectivity index (χ2v) is 3.10. The van der Waals surface area contributed by atoms with E-state index in [0.717, 1.165) is 0 Å². The summed E-state index contributed by atoms with van der Waals surface area (Å²) in [6.07, 6.45) is -0.641. The molecule has 0 saturated heterocycles. The highest BCUT2D eigenvalue weighted by Crippen LogP contribution is 2.14. The summed E-state index contributed by atoms with van der Waals surface area (Å²) in [5.41, 5.74) is 5.78. The summed E-state index contributed by atoms with van der Waals surface area (Å²) in [7, 11) is 0. The molecule has 0 bridgehead atoms. The maximum absolute atomic E-state index is 8.65. The van der Waals surface area contributed by atoms with Gasteiger partial charge in [0.15, 0.2) is 0 Å². The molecule has 98 valence electrons. The minimum atomic E-state index is -1.54. The first-order valence-corrected chi connectivity index (χ1v) is 5.11. The van der Waals surface area contributed by atoms with Gasteiger partial charge in [0.2, 0.25) is 0 Å². The van der Waals surface area contributed by atoms with Gasteiger partial charge >= 0.3 is 0 Å². The zero-order chi connectivity index (χ0) is 12.4. The lowest BCUT2D eigenvalue weighted by molar-refractivity contribution is -0.290. The van der Waals surface area contributed by atoms with Gasteiger partial charge in [-0.3, -0.25) is 5.73 Å². The number of rotatable bonds is 10. The van der Waals surface area contributed by atoms with E-state index in [4.69, 9.17) is 35.3 Å². The molecule has 0 aromatic heterocycles. The van der Waals surface area contributed by atoms with Crippen LogP contribution < -0.4 is 5.73 Å². The largest absolute Gasteiger partial charge is 0.394 e. The molecule has 0 aromatic carbocycles. The van der Waals surface area contributed by atoms with Gasteiger partial charge in [-0.25, -0.2) is 0 Å². The van der Waals surface area contributed by atoms with Crippen LogP contribution in [0.25, 0.3) is 0 Å². The van der Waals surface area contributed by atoms with E-state index in [1.54, 1.807) is 6.92 Å². The third kappa shape index (κ3) is 5.71. The molecule has 7 heteroatoms. The average Bonchev–Trinajstić information content (AvgIpc) is 2.30. The zero-order valence-corrected chi connectivity index (χ0v) is 9.46. The van der Waals surface area contributed by atoms with Crippen molar-refractivity contribution in [2.24, 2.45) is 5.73 Å². The zero-order valence-electron chi connectivity index (χ0n) is 9.46. The predicted molar refractivity (Wildman–Crippen MR) is 55.5 cm³/mol. The van der Waals surface area contributed by atoms with Crippen molar-refractivity contribution in [3.63, 3.8) is 0 Å². The molecule has 0 rings (SSSR count). The molecule has 0 amide bonds. The van der Waals surface area contributed by atoms with E-state index in [0.29, 0.717) is 0 Å². The molecule has 5 N–H and O–H groups in total. The summed E-state index contributed by atoms with van der Waals surface area (Å²) in [5, 5.41) is 25.9. The van der Waals surface area contributed by atoms with Crippen LogP contribution in [0.2, 0.25) is 0 Å². The lowest BCUT2D eigenvalue weighted by Gasteiger charge is -2.34. The average molecular weight is 239 g/mol. The first-order valence-electron chi connectivity index (χ1n) is 5.11. The van der Waals surface area contributed by atoms with Gasteiger partial charge in [-0.15, -0.1) is 0 Å². The van der Waals surface area contributed by atoms with Crippen molar-refractivity contribution in [1.82, 2.24) is 0 Å². The lowest BCUT2D eigenvalue weighted by Crippen LogP contribution is -2.56. The number of aliphatic hydroxyl groups is 3. The summed E-state index contributed by atoms with van der Waals surface area (Å²) < 4.78 is 15.4. The maximum Gasteiger partial charge on any atom is 0.252 e. The van der Waals surface area contributed by atoms with Crippen LogP contribution in [0.1, 0.15) is 6.92 Å². The summed E-state index contributed by atoms with van der Waals surface area (Å²) in [6, 6.07) is 0. The van der Waals surface area contributed by atoms with Gasteiger partial charge in [-0.05, 0) is 6.92 Å². The van der Waals surface area contributed by atoms with E-state index < -0.39 is 12.0 Å². The third-order valence-electron chi connectivity index (χ3n) is 1.86. The smallest absolute Gasteiger partial charge is 0.252 e. The molecule has 0 aliphatic heterocycles. The van der Waals surface area contributed by atoms with E-state index in [9.17, 15) is 0 Å². The predicted octanol–water partition coefficient (Wildman–Crippen LogP) is -1.99. The summed E-state index contributed by atoms with van der Waals surface area (Å²) in [4.78, 5) is 0. The minimum absolute atomic E-state index is 0.00520. The van der Waals surface area contributed by atoms with Crippen LogP contribution in [0, 0.1) is 0 Å². The molecular weight excluding hydrogens is 218 g/mol. The summed E-state index contributed by atoms with van der Waals surface area (Å²) in [6.45, 7) is 1.17. The van der Waals surface area contributed by atoms with Crippen molar-refractivity contribution in [3.8, 4) is 0 Å². The number of ether oxygens (including phenoxy) is 3. The molecule has 7 nitrogen and oxygen atoms in total. The quantitative estimate of drug-likeness (QED) is 0.326. The Kier molecular flexibility index (Phi) is 8.67. The Morgan fingerprint density at radius 2 is 1.44 bits per heavy atom. The normalized spacial score (nSPS) is 14.1. The molecule has 0 radical (unpaired) electrons.